The predicted molar refractivity (Wildman–Crippen MR) is 80.4 cm³/mol. The standard InChI is InChI=1S/C16H18N2O2/c1-10-5-6-12(9-11(10)2)14-8-7-13(16(19)20)15(17-14)18(3)4/h5-9H,1-4H3,(H,19,20). The molecule has 0 radical (unpaired) electrons. The van der Waals surface area contributed by atoms with E-state index in [0.29, 0.717) is 5.82 Å². The molecule has 0 unspecified atom stereocenters. The molecule has 0 saturated heterocycles. The lowest BCUT2D eigenvalue weighted by Crippen LogP contribution is -2.16. The zero-order valence-electron chi connectivity index (χ0n) is 12.1. The molecule has 0 amide bonds. The molecule has 0 aliphatic heterocycles. The van der Waals surface area contributed by atoms with Crippen molar-refractivity contribution < 1.29 is 9.90 Å². The number of aromatic carboxylic acids is 1. The Kier molecular flexibility index (Phi) is 3.74. The molecule has 0 aliphatic carbocycles. The van der Waals surface area contributed by atoms with Crippen LogP contribution >= 0.6 is 0 Å². The second-order valence-electron chi connectivity index (χ2n) is 5.07. The van der Waals surface area contributed by atoms with Gasteiger partial charge in [-0.15, -0.1) is 0 Å². The van der Waals surface area contributed by atoms with E-state index in [0.717, 1.165) is 11.3 Å². The van der Waals surface area contributed by atoms with Gasteiger partial charge in [0, 0.05) is 19.7 Å². The molecule has 1 aromatic heterocycles. The van der Waals surface area contributed by atoms with Crippen molar-refractivity contribution >= 4 is 11.8 Å². The minimum Gasteiger partial charge on any atom is -0.478 e. The van der Waals surface area contributed by atoms with Crippen molar-refractivity contribution in [2.75, 3.05) is 19.0 Å². The minimum absolute atomic E-state index is 0.211. The lowest BCUT2D eigenvalue weighted by atomic mass is 10.0. The van der Waals surface area contributed by atoms with Gasteiger partial charge in [-0.1, -0.05) is 12.1 Å². The van der Waals surface area contributed by atoms with E-state index in [1.54, 1.807) is 31.1 Å². The molecule has 4 heteroatoms. The number of benzene rings is 1. The molecule has 0 spiro atoms. The Morgan fingerprint density at radius 3 is 2.35 bits per heavy atom. The lowest BCUT2D eigenvalue weighted by molar-refractivity contribution is 0.0697. The fraction of sp³-hybridized carbons (Fsp3) is 0.250. The Morgan fingerprint density at radius 2 is 1.80 bits per heavy atom. The summed E-state index contributed by atoms with van der Waals surface area (Å²) in [5, 5.41) is 9.19. The maximum absolute atomic E-state index is 11.2. The van der Waals surface area contributed by atoms with Crippen LogP contribution in [0.15, 0.2) is 30.3 Å². The summed E-state index contributed by atoms with van der Waals surface area (Å²) in [5.74, 6) is -0.499. The Morgan fingerprint density at radius 1 is 1.10 bits per heavy atom. The topological polar surface area (TPSA) is 53.4 Å². The van der Waals surface area contributed by atoms with Crippen LogP contribution in [0.5, 0.6) is 0 Å². The zero-order chi connectivity index (χ0) is 14.9. The van der Waals surface area contributed by atoms with Crippen LogP contribution in [-0.4, -0.2) is 30.2 Å². The van der Waals surface area contributed by atoms with Crippen molar-refractivity contribution in [2.24, 2.45) is 0 Å². The van der Waals surface area contributed by atoms with E-state index in [1.165, 1.54) is 11.1 Å². The van der Waals surface area contributed by atoms with Crippen molar-refractivity contribution in [1.82, 2.24) is 4.98 Å². The maximum atomic E-state index is 11.2. The second kappa shape index (κ2) is 5.33. The number of aromatic nitrogens is 1. The molecular formula is C16H18N2O2. The molecule has 2 rings (SSSR count). The van der Waals surface area contributed by atoms with Crippen LogP contribution < -0.4 is 4.90 Å². The van der Waals surface area contributed by atoms with Crippen LogP contribution in [0.4, 0.5) is 5.82 Å². The second-order valence-corrected chi connectivity index (χ2v) is 5.07. The van der Waals surface area contributed by atoms with Crippen molar-refractivity contribution in [3.63, 3.8) is 0 Å². The van der Waals surface area contributed by atoms with Crippen molar-refractivity contribution in [1.29, 1.82) is 0 Å². The number of hydrogen-bond acceptors (Lipinski definition) is 3. The number of hydrogen-bond donors (Lipinski definition) is 1. The van der Waals surface area contributed by atoms with E-state index in [9.17, 15) is 9.90 Å². The molecule has 1 N–H and O–H groups in total. The number of anilines is 1. The Labute approximate surface area is 118 Å². The molecule has 0 aliphatic rings. The van der Waals surface area contributed by atoms with Gasteiger partial charge in [-0.3, -0.25) is 0 Å². The summed E-state index contributed by atoms with van der Waals surface area (Å²) in [6.07, 6.45) is 0. The van der Waals surface area contributed by atoms with Crippen LogP contribution in [0.1, 0.15) is 21.5 Å². The quantitative estimate of drug-likeness (QED) is 0.931. The minimum atomic E-state index is -0.965. The average molecular weight is 270 g/mol. The summed E-state index contributed by atoms with van der Waals surface area (Å²) in [7, 11) is 3.58. The van der Waals surface area contributed by atoms with Gasteiger partial charge in [0.05, 0.1) is 5.69 Å². The monoisotopic (exact) mass is 270 g/mol. The highest BCUT2D eigenvalue weighted by Gasteiger charge is 2.14. The summed E-state index contributed by atoms with van der Waals surface area (Å²) < 4.78 is 0. The first kappa shape index (κ1) is 14.1. The Hall–Kier alpha value is -2.36. The van der Waals surface area contributed by atoms with Crippen molar-refractivity contribution in [3.8, 4) is 11.3 Å². The molecule has 1 aromatic carbocycles. The first-order valence-electron chi connectivity index (χ1n) is 6.39. The smallest absolute Gasteiger partial charge is 0.339 e. The molecule has 0 fully saturated rings. The fourth-order valence-electron chi connectivity index (χ4n) is 2.02. The third-order valence-corrected chi connectivity index (χ3v) is 3.33. The summed E-state index contributed by atoms with van der Waals surface area (Å²) in [5.41, 5.74) is 4.40. The van der Waals surface area contributed by atoms with Gasteiger partial charge in [0.1, 0.15) is 11.4 Å². The van der Waals surface area contributed by atoms with E-state index >= 15 is 0 Å². The zero-order valence-corrected chi connectivity index (χ0v) is 12.1. The molecule has 0 saturated carbocycles. The number of rotatable bonds is 3. The van der Waals surface area contributed by atoms with Crippen LogP contribution in [0, 0.1) is 13.8 Å². The van der Waals surface area contributed by atoms with E-state index in [1.807, 2.05) is 12.1 Å². The van der Waals surface area contributed by atoms with Crippen molar-refractivity contribution in [3.05, 3.63) is 47.0 Å². The number of carboxylic acid groups (broad SMARTS) is 1. The molecule has 4 nitrogen and oxygen atoms in total. The number of aryl methyl sites for hydroxylation is 2. The third kappa shape index (κ3) is 2.64. The first-order chi connectivity index (χ1) is 9.40. The molecule has 0 atom stereocenters. The van der Waals surface area contributed by atoms with Gasteiger partial charge in [0.25, 0.3) is 0 Å². The van der Waals surface area contributed by atoms with Crippen LogP contribution in [0.3, 0.4) is 0 Å². The molecule has 1 heterocycles. The Balaban J connectivity index is 2.55. The number of carbonyl (C=O) groups is 1. The van der Waals surface area contributed by atoms with E-state index in [-0.39, 0.29) is 5.56 Å². The third-order valence-electron chi connectivity index (χ3n) is 3.33. The fourth-order valence-corrected chi connectivity index (χ4v) is 2.02. The van der Waals surface area contributed by atoms with Gasteiger partial charge < -0.3 is 10.0 Å². The van der Waals surface area contributed by atoms with Gasteiger partial charge >= 0.3 is 5.97 Å². The number of nitrogens with zero attached hydrogens (tertiary/aromatic N) is 2. The summed E-state index contributed by atoms with van der Waals surface area (Å²) in [6.45, 7) is 4.11. The summed E-state index contributed by atoms with van der Waals surface area (Å²) >= 11 is 0. The summed E-state index contributed by atoms with van der Waals surface area (Å²) in [6, 6.07) is 9.48. The van der Waals surface area contributed by atoms with Crippen LogP contribution in [-0.2, 0) is 0 Å². The SMILES string of the molecule is Cc1ccc(-c2ccc(C(=O)O)c(N(C)C)n2)cc1C. The normalized spacial score (nSPS) is 10.4. The van der Waals surface area contributed by atoms with Crippen molar-refractivity contribution in [2.45, 2.75) is 13.8 Å². The molecule has 20 heavy (non-hydrogen) atoms. The van der Waals surface area contributed by atoms with Crippen LogP contribution in [0.2, 0.25) is 0 Å². The molecule has 0 bridgehead atoms. The van der Waals surface area contributed by atoms with Crippen LogP contribution in [0.25, 0.3) is 11.3 Å². The highest BCUT2D eigenvalue weighted by Crippen LogP contribution is 2.25. The Bertz CT molecular complexity index is 664. The van der Waals surface area contributed by atoms with Gasteiger partial charge in [-0.05, 0) is 43.2 Å². The maximum Gasteiger partial charge on any atom is 0.339 e. The van der Waals surface area contributed by atoms with Gasteiger partial charge in [0.2, 0.25) is 0 Å². The van der Waals surface area contributed by atoms with Gasteiger partial charge in [-0.2, -0.15) is 0 Å². The van der Waals surface area contributed by atoms with E-state index in [4.69, 9.17) is 0 Å². The number of carboxylic acids is 1. The average Bonchev–Trinajstić information content (AvgIpc) is 2.41. The molecule has 104 valence electrons. The molecule has 2 aromatic rings. The van der Waals surface area contributed by atoms with E-state index < -0.39 is 5.97 Å². The largest absolute Gasteiger partial charge is 0.478 e. The first-order valence-corrected chi connectivity index (χ1v) is 6.39. The number of pyridine rings is 1. The summed E-state index contributed by atoms with van der Waals surface area (Å²) in [4.78, 5) is 17.4. The highest BCUT2D eigenvalue weighted by atomic mass is 16.4. The highest BCUT2D eigenvalue weighted by molar-refractivity contribution is 5.93. The van der Waals surface area contributed by atoms with Gasteiger partial charge in [-0.25, -0.2) is 9.78 Å². The van der Waals surface area contributed by atoms with E-state index in [2.05, 4.69) is 24.9 Å². The van der Waals surface area contributed by atoms with Gasteiger partial charge in [0.15, 0.2) is 0 Å². The predicted octanol–water partition coefficient (Wildman–Crippen LogP) is 3.13. The molecular weight excluding hydrogens is 252 g/mol. The lowest BCUT2D eigenvalue weighted by Gasteiger charge is -2.15.